The summed E-state index contributed by atoms with van der Waals surface area (Å²) in [7, 11) is 0. The number of H-pyrrole nitrogens is 1. The second kappa shape index (κ2) is 4.84. The Kier molecular flexibility index (Phi) is 3.41. The fraction of sp³-hybridized carbons (Fsp3) is 0.308. The summed E-state index contributed by atoms with van der Waals surface area (Å²) in [6, 6.07) is 7.57. The minimum Gasteiger partial charge on any atom is -0.361 e. The van der Waals surface area contributed by atoms with E-state index >= 15 is 0 Å². The molecule has 0 aliphatic heterocycles. The van der Waals surface area contributed by atoms with E-state index in [1.807, 2.05) is 24.3 Å². The maximum absolute atomic E-state index is 12.0. The molecular weight excluding hydrogens is 243 g/mol. The molecule has 0 unspecified atom stereocenters. The lowest BCUT2D eigenvalue weighted by atomic mass is 10.1. The van der Waals surface area contributed by atoms with E-state index in [4.69, 9.17) is 0 Å². The van der Waals surface area contributed by atoms with Crippen LogP contribution in [-0.2, 0) is 11.2 Å². The number of hydrogen-bond acceptors (Lipinski definition) is 1. The molecule has 96 valence electrons. The van der Waals surface area contributed by atoms with Crippen molar-refractivity contribution in [1.29, 1.82) is 0 Å². The average molecular weight is 255 g/mol. The number of fused-ring (bicyclic) bond motifs is 1. The summed E-state index contributed by atoms with van der Waals surface area (Å²) >= 11 is 0. The van der Waals surface area contributed by atoms with Crippen LogP contribution in [0.3, 0.4) is 0 Å². The number of Topliss-reactive ketones (excluding diaryl/α,β-unsaturated/α-hetero) is 1. The first-order chi connectivity index (χ1) is 8.48. The van der Waals surface area contributed by atoms with Gasteiger partial charge >= 0.3 is 6.18 Å². The van der Waals surface area contributed by atoms with E-state index < -0.39 is 18.4 Å². The number of ketones is 1. The molecule has 1 heterocycles. The van der Waals surface area contributed by atoms with Gasteiger partial charge in [0, 0.05) is 23.5 Å². The molecule has 1 aromatic carbocycles. The van der Waals surface area contributed by atoms with Crippen molar-refractivity contribution in [3.05, 3.63) is 36.0 Å². The minimum atomic E-state index is -4.71. The Labute approximate surface area is 102 Å². The summed E-state index contributed by atoms with van der Waals surface area (Å²) in [6.07, 6.45) is -2.71. The van der Waals surface area contributed by atoms with Gasteiger partial charge in [-0.2, -0.15) is 13.2 Å². The predicted octanol–water partition coefficient (Wildman–Crippen LogP) is 3.62. The van der Waals surface area contributed by atoms with Crippen molar-refractivity contribution < 1.29 is 18.0 Å². The van der Waals surface area contributed by atoms with Crippen molar-refractivity contribution >= 4 is 16.7 Å². The third kappa shape index (κ3) is 2.72. The van der Waals surface area contributed by atoms with E-state index in [2.05, 4.69) is 4.98 Å². The molecule has 0 atom stereocenters. The highest BCUT2D eigenvalue weighted by atomic mass is 19.4. The number of rotatable bonds is 4. The van der Waals surface area contributed by atoms with Gasteiger partial charge in [-0.05, 0) is 24.5 Å². The first-order valence-electron chi connectivity index (χ1n) is 5.63. The molecular formula is C13H12F3NO. The van der Waals surface area contributed by atoms with Gasteiger partial charge in [0.1, 0.15) is 0 Å². The molecule has 0 spiro atoms. The average Bonchev–Trinajstić information content (AvgIpc) is 2.71. The van der Waals surface area contributed by atoms with Gasteiger partial charge in [-0.25, -0.2) is 0 Å². The van der Waals surface area contributed by atoms with Crippen LogP contribution in [0.1, 0.15) is 18.4 Å². The number of alkyl halides is 3. The molecule has 1 aromatic heterocycles. The Bertz CT molecular complexity index is 557. The third-order valence-electron chi connectivity index (χ3n) is 2.84. The first kappa shape index (κ1) is 12.7. The summed E-state index contributed by atoms with van der Waals surface area (Å²) in [6.45, 7) is 0. The van der Waals surface area contributed by atoms with E-state index in [0.717, 1.165) is 16.5 Å². The number of nitrogens with one attached hydrogen (secondary N) is 1. The highest BCUT2D eigenvalue weighted by Gasteiger charge is 2.37. The number of carbonyl (C=O) groups excluding carboxylic acids is 1. The molecule has 0 saturated carbocycles. The van der Waals surface area contributed by atoms with E-state index in [1.165, 1.54) is 0 Å². The first-order valence-corrected chi connectivity index (χ1v) is 5.63. The van der Waals surface area contributed by atoms with E-state index in [0.29, 0.717) is 6.42 Å². The molecule has 0 aliphatic rings. The smallest absolute Gasteiger partial charge is 0.361 e. The van der Waals surface area contributed by atoms with Crippen molar-refractivity contribution in [2.24, 2.45) is 0 Å². The molecule has 0 bridgehead atoms. The zero-order chi connectivity index (χ0) is 13.2. The Balaban J connectivity index is 1.97. The highest BCUT2D eigenvalue weighted by Crippen LogP contribution is 2.22. The topological polar surface area (TPSA) is 32.9 Å². The van der Waals surface area contributed by atoms with Crippen molar-refractivity contribution in [2.45, 2.75) is 25.4 Å². The number of benzene rings is 1. The Morgan fingerprint density at radius 1 is 1.22 bits per heavy atom. The fourth-order valence-electron chi connectivity index (χ4n) is 1.92. The quantitative estimate of drug-likeness (QED) is 0.889. The lowest BCUT2D eigenvalue weighted by molar-refractivity contribution is -0.171. The van der Waals surface area contributed by atoms with Crippen LogP contribution in [-0.4, -0.2) is 16.9 Å². The normalized spacial score (nSPS) is 11.9. The number of aromatic amines is 1. The zero-order valence-corrected chi connectivity index (χ0v) is 9.55. The number of aryl methyl sites for hydroxylation is 1. The van der Waals surface area contributed by atoms with Crippen LogP contribution < -0.4 is 0 Å². The number of halogens is 3. The predicted molar refractivity (Wildman–Crippen MR) is 62.3 cm³/mol. The van der Waals surface area contributed by atoms with Crippen molar-refractivity contribution in [1.82, 2.24) is 4.98 Å². The number of aromatic nitrogens is 1. The Hall–Kier alpha value is -1.78. The van der Waals surface area contributed by atoms with Crippen molar-refractivity contribution in [3.8, 4) is 0 Å². The third-order valence-corrected chi connectivity index (χ3v) is 2.84. The highest BCUT2D eigenvalue weighted by molar-refractivity contribution is 5.84. The second-order valence-corrected chi connectivity index (χ2v) is 4.13. The Morgan fingerprint density at radius 2 is 1.94 bits per heavy atom. The molecule has 0 aliphatic carbocycles. The number of hydrogen-bond donors (Lipinski definition) is 1. The van der Waals surface area contributed by atoms with Crippen molar-refractivity contribution in [3.63, 3.8) is 0 Å². The van der Waals surface area contributed by atoms with Crippen LogP contribution in [0.25, 0.3) is 10.9 Å². The van der Waals surface area contributed by atoms with E-state index in [-0.39, 0.29) is 6.42 Å². The molecule has 0 radical (unpaired) electrons. The van der Waals surface area contributed by atoms with Gasteiger partial charge in [0.2, 0.25) is 5.78 Å². The van der Waals surface area contributed by atoms with Crippen LogP contribution in [0.2, 0.25) is 0 Å². The minimum absolute atomic E-state index is 0.209. The summed E-state index contributed by atoms with van der Waals surface area (Å²) in [4.78, 5) is 13.8. The van der Waals surface area contributed by atoms with Gasteiger partial charge in [-0.15, -0.1) is 0 Å². The van der Waals surface area contributed by atoms with Gasteiger partial charge in [0.05, 0.1) is 0 Å². The number of carbonyl (C=O) groups is 1. The Morgan fingerprint density at radius 3 is 2.67 bits per heavy atom. The molecule has 2 rings (SSSR count). The van der Waals surface area contributed by atoms with Gasteiger partial charge in [0.15, 0.2) is 0 Å². The molecule has 2 aromatic rings. The second-order valence-electron chi connectivity index (χ2n) is 4.13. The van der Waals surface area contributed by atoms with Gasteiger partial charge in [-0.1, -0.05) is 18.2 Å². The molecule has 0 saturated heterocycles. The largest absolute Gasteiger partial charge is 0.449 e. The van der Waals surface area contributed by atoms with Crippen LogP contribution in [0, 0.1) is 0 Å². The monoisotopic (exact) mass is 255 g/mol. The lowest BCUT2D eigenvalue weighted by Crippen LogP contribution is -2.22. The molecule has 5 heteroatoms. The zero-order valence-electron chi connectivity index (χ0n) is 9.55. The standard InChI is InChI=1S/C13H12F3NO/c14-13(15,16)12(18)7-3-4-9-8-17-11-6-2-1-5-10(9)11/h1-2,5-6,8,17H,3-4,7H2. The van der Waals surface area contributed by atoms with Gasteiger partial charge in [0.25, 0.3) is 0 Å². The van der Waals surface area contributed by atoms with Crippen LogP contribution in [0.4, 0.5) is 13.2 Å². The van der Waals surface area contributed by atoms with E-state index in [9.17, 15) is 18.0 Å². The molecule has 0 fully saturated rings. The van der Waals surface area contributed by atoms with Crippen LogP contribution >= 0.6 is 0 Å². The lowest BCUT2D eigenvalue weighted by Gasteiger charge is -2.04. The number of para-hydroxylation sites is 1. The molecule has 1 N–H and O–H groups in total. The summed E-state index contributed by atoms with van der Waals surface area (Å²) in [5.74, 6) is -1.65. The molecule has 18 heavy (non-hydrogen) atoms. The van der Waals surface area contributed by atoms with Gasteiger partial charge < -0.3 is 4.98 Å². The van der Waals surface area contributed by atoms with Crippen molar-refractivity contribution in [2.75, 3.05) is 0 Å². The summed E-state index contributed by atoms with van der Waals surface area (Å²) < 4.78 is 36.0. The van der Waals surface area contributed by atoms with Gasteiger partial charge in [-0.3, -0.25) is 4.79 Å². The van der Waals surface area contributed by atoms with Crippen LogP contribution in [0.5, 0.6) is 0 Å². The fourth-order valence-corrected chi connectivity index (χ4v) is 1.92. The molecule has 0 amide bonds. The maximum atomic E-state index is 12.0. The molecule has 2 nitrogen and oxygen atoms in total. The SMILES string of the molecule is O=C(CCCc1c[nH]c2ccccc12)C(F)(F)F. The maximum Gasteiger partial charge on any atom is 0.449 e. The van der Waals surface area contributed by atoms with Crippen LogP contribution in [0.15, 0.2) is 30.5 Å². The summed E-state index contributed by atoms with van der Waals surface area (Å²) in [5.41, 5.74) is 1.90. The summed E-state index contributed by atoms with van der Waals surface area (Å²) in [5, 5.41) is 0.997. The van der Waals surface area contributed by atoms with E-state index in [1.54, 1.807) is 6.20 Å².